The Morgan fingerprint density at radius 3 is 2.63 bits per heavy atom. The molecule has 4 atom stereocenters. The minimum atomic E-state index is -4.60. The number of hydrogen-bond donors (Lipinski definition) is 1. The quantitative estimate of drug-likeness (QED) is 0.509. The molecule has 3 heterocycles. The average Bonchev–Trinajstić information content (AvgIpc) is 3.23. The van der Waals surface area contributed by atoms with Crippen molar-refractivity contribution in [2.24, 2.45) is 23.2 Å². The van der Waals surface area contributed by atoms with Gasteiger partial charge in [-0.15, -0.1) is 0 Å². The Morgan fingerprint density at radius 1 is 1.26 bits per heavy atom. The van der Waals surface area contributed by atoms with Crippen LogP contribution >= 0.6 is 0 Å². The van der Waals surface area contributed by atoms with Crippen molar-refractivity contribution in [3.8, 4) is 0 Å². The molecule has 2 aliphatic heterocycles. The Hall–Kier alpha value is -1.87. The van der Waals surface area contributed by atoms with Crippen molar-refractivity contribution in [2.75, 3.05) is 19.8 Å². The number of carbonyl (C=O) groups is 1. The summed E-state index contributed by atoms with van der Waals surface area (Å²) in [5, 5.41) is 16.2. The van der Waals surface area contributed by atoms with Gasteiger partial charge >= 0.3 is 6.18 Å². The second-order valence-electron chi connectivity index (χ2n) is 11.4. The number of amides is 1. The van der Waals surface area contributed by atoms with Gasteiger partial charge < -0.3 is 20.2 Å². The van der Waals surface area contributed by atoms with Crippen LogP contribution in [0.3, 0.4) is 0 Å². The predicted octanol–water partition coefficient (Wildman–Crippen LogP) is 3.82. The van der Waals surface area contributed by atoms with E-state index < -0.39 is 17.2 Å². The van der Waals surface area contributed by atoms with Gasteiger partial charge in [0.05, 0.1) is 31.6 Å². The molecule has 1 aromatic heterocycles. The van der Waals surface area contributed by atoms with Crippen molar-refractivity contribution in [1.82, 2.24) is 10.2 Å². The number of aromatic nitrogens is 1. The molecular formula is C26H36F3N3O3. The minimum Gasteiger partial charge on any atom is -0.618 e. The van der Waals surface area contributed by atoms with E-state index in [2.05, 4.69) is 19.2 Å². The number of fused-ring (bicyclic) bond motifs is 3. The summed E-state index contributed by atoms with van der Waals surface area (Å²) in [6, 6.07) is 1.73. The van der Waals surface area contributed by atoms with Crippen LogP contribution in [0.2, 0.25) is 0 Å². The molecule has 2 aliphatic carbocycles. The molecule has 1 N–H and O–H groups in total. The molecule has 0 spiro atoms. The normalized spacial score (nSPS) is 33.1. The molecule has 0 radical (unpaired) electrons. The first kappa shape index (κ1) is 24.8. The average molecular weight is 496 g/mol. The third-order valence-corrected chi connectivity index (χ3v) is 9.16. The fraction of sp³-hybridized carbons (Fsp3) is 0.769. The van der Waals surface area contributed by atoms with Gasteiger partial charge in [0.25, 0.3) is 0 Å². The maximum Gasteiger partial charge on any atom is 0.422 e. The number of alkyl halides is 3. The van der Waals surface area contributed by atoms with Crippen molar-refractivity contribution < 1.29 is 27.4 Å². The zero-order valence-electron chi connectivity index (χ0n) is 20.6. The molecule has 1 saturated heterocycles. The van der Waals surface area contributed by atoms with Crippen LogP contribution in [0.15, 0.2) is 12.3 Å². The molecule has 194 valence electrons. The Kier molecular flexibility index (Phi) is 6.53. The molecule has 0 aromatic carbocycles. The first-order chi connectivity index (χ1) is 16.6. The molecular weight excluding hydrogens is 459 g/mol. The van der Waals surface area contributed by atoms with Crippen molar-refractivity contribution in [3.63, 3.8) is 0 Å². The highest BCUT2D eigenvalue weighted by atomic mass is 19.4. The largest absolute Gasteiger partial charge is 0.618 e. The van der Waals surface area contributed by atoms with Crippen LogP contribution in [-0.2, 0) is 28.7 Å². The standard InChI is InChI=1S/C26H36F3N3O3/c1-16(2)25(8-6-21(11-25)30-23-17-4-3-5-18(23)15-35-14-17)24(33)31-9-7-22-19(12-31)10-20(13-32(22)34)26(27,28)29/h10,13,16-18,21,23,30H,3-9,11-12,14-15H2,1-2H3. The smallest absolute Gasteiger partial charge is 0.422 e. The summed E-state index contributed by atoms with van der Waals surface area (Å²) >= 11 is 0. The lowest BCUT2D eigenvalue weighted by atomic mass is 9.73. The maximum absolute atomic E-state index is 13.9. The van der Waals surface area contributed by atoms with Gasteiger partial charge in [0.2, 0.25) is 5.91 Å². The molecule has 4 aliphatic rings. The van der Waals surface area contributed by atoms with Crippen LogP contribution in [0.1, 0.15) is 69.2 Å². The van der Waals surface area contributed by atoms with Crippen LogP contribution in [-0.4, -0.2) is 42.6 Å². The van der Waals surface area contributed by atoms with E-state index in [9.17, 15) is 23.2 Å². The summed E-state index contributed by atoms with van der Waals surface area (Å²) in [5.74, 6) is 1.20. The van der Waals surface area contributed by atoms with Gasteiger partial charge in [-0.3, -0.25) is 4.79 Å². The zero-order valence-corrected chi connectivity index (χ0v) is 20.6. The number of carbonyl (C=O) groups excluding carboxylic acids is 1. The monoisotopic (exact) mass is 495 g/mol. The number of nitrogens with one attached hydrogen (secondary N) is 1. The Balaban J connectivity index is 1.32. The van der Waals surface area contributed by atoms with E-state index in [0.717, 1.165) is 38.5 Å². The van der Waals surface area contributed by atoms with Crippen LogP contribution in [0, 0.1) is 28.4 Å². The van der Waals surface area contributed by atoms with Crippen molar-refractivity contribution in [3.05, 3.63) is 34.3 Å². The lowest BCUT2D eigenvalue weighted by Gasteiger charge is -2.44. The zero-order chi connectivity index (χ0) is 25.0. The highest BCUT2D eigenvalue weighted by Crippen LogP contribution is 2.47. The van der Waals surface area contributed by atoms with Gasteiger partial charge in [0, 0.05) is 24.2 Å². The van der Waals surface area contributed by atoms with Gasteiger partial charge in [-0.1, -0.05) is 20.3 Å². The summed E-state index contributed by atoms with van der Waals surface area (Å²) < 4.78 is 46.0. The van der Waals surface area contributed by atoms with Gasteiger partial charge in [-0.2, -0.15) is 17.9 Å². The Morgan fingerprint density at radius 2 is 1.97 bits per heavy atom. The highest BCUT2D eigenvalue weighted by Gasteiger charge is 2.51. The number of nitrogens with zero attached hydrogens (tertiary/aromatic N) is 2. The fourth-order valence-electron chi connectivity index (χ4n) is 7.09. The van der Waals surface area contributed by atoms with Crippen molar-refractivity contribution in [2.45, 2.75) is 83.6 Å². The highest BCUT2D eigenvalue weighted by molar-refractivity contribution is 5.83. The predicted molar refractivity (Wildman–Crippen MR) is 123 cm³/mol. The third-order valence-electron chi connectivity index (χ3n) is 9.16. The first-order valence-corrected chi connectivity index (χ1v) is 13.0. The summed E-state index contributed by atoms with van der Waals surface area (Å²) in [4.78, 5) is 15.6. The first-order valence-electron chi connectivity index (χ1n) is 13.0. The van der Waals surface area contributed by atoms with E-state index in [-0.39, 0.29) is 30.8 Å². The topological polar surface area (TPSA) is 68.5 Å². The second-order valence-corrected chi connectivity index (χ2v) is 11.4. The molecule has 6 nitrogen and oxygen atoms in total. The lowest BCUT2D eigenvalue weighted by molar-refractivity contribution is -0.616. The maximum atomic E-state index is 13.9. The number of ether oxygens (including phenoxy) is 1. The number of pyridine rings is 1. The SMILES string of the molecule is CC(C)C1(C(=O)N2CCc3c(cc(C(F)(F)F)c[n+]3[O-])C2)CCC(NC2C3CCCC2COC3)C1. The molecule has 1 aromatic rings. The van der Waals surface area contributed by atoms with Crippen LogP contribution < -0.4 is 10.0 Å². The van der Waals surface area contributed by atoms with Gasteiger partial charge in [0.15, 0.2) is 11.9 Å². The van der Waals surface area contributed by atoms with Gasteiger partial charge in [-0.25, -0.2) is 0 Å². The van der Waals surface area contributed by atoms with E-state index in [1.807, 2.05) is 0 Å². The van der Waals surface area contributed by atoms with E-state index in [0.29, 0.717) is 46.6 Å². The lowest BCUT2D eigenvalue weighted by Crippen LogP contribution is -2.55. The van der Waals surface area contributed by atoms with Crippen molar-refractivity contribution in [1.29, 1.82) is 0 Å². The molecule has 4 unspecified atom stereocenters. The molecule has 2 saturated carbocycles. The molecule has 3 fully saturated rings. The molecule has 9 heteroatoms. The van der Waals surface area contributed by atoms with Crippen LogP contribution in [0.25, 0.3) is 0 Å². The molecule has 1 amide bonds. The summed E-state index contributed by atoms with van der Waals surface area (Å²) in [5.41, 5.74) is -0.871. The Bertz CT molecular complexity index is 947. The van der Waals surface area contributed by atoms with E-state index in [1.54, 1.807) is 4.90 Å². The van der Waals surface area contributed by atoms with E-state index >= 15 is 0 Å². The second kappa shape index (κ2) is 9.21. The molecule has 5 rings (SSSR count). The summed E-state index contributed by atoms with van der Waals surface area (Å²) in [6.07, 6.45) is 2.33. The summed E-state index contributed by atoms with van der Waals surface area (Å²) in [7, 11) is 0. The number of halogens is 3. The van der Waals surface area contributed by atoms with Crippen LogP contribution in [0.4, 0.5) is 13.2 Å². The van der Waals surface area contributed by atoms with Crippen molar-refractivity contribution >= 4 is 5.91 Å². The Labute approximate surface area is 204 Å². The van der Waals surface area contributed by atoms with E-state index in [4.69, 9.17) is 4.74 Å². The number of hydrogen-bond acceptors (Lipinski definition) is 4. The minimum absolute atomic E-state index is 0.0180. The van der Waals surface area contributed by atoms with E-state index in [1.165, 1.54) is 19.3 Å². The summed E-state index contributed by atoms with van der Waals surface area (Å²) in [6.45, 7) is 6.18. The number of rotatable bonds is 4. The fourth-order valence-corrected chi connectivity index (χ4v) is 7.09. The molecule has 2 bridgehead atoms. The van der Waals surface area contributed by atoms with Crippen LogP contribution in [0.5, 0.6) is 0 Å². The molecule has 35 heavy (non-hydrogen) atoms. The third kappa shape index (κ3) is 4.54. The van der Waals surface area contributed by atoms with Gasteiger partial charge in [0.1, 0.15) is 5.56 Å². The van der Waals surface area contributed by atoms with Gasteiger partial charge in [-0.05, 0) is 55.9 Å².